The number of fused-ring (bicyclic) bond motifs is 1. The van der Waals surface area contributed by atoms with Crippen LogP contribution in [0, 0.1) is 6.92 Å². The van der Waals surface area contributed by atoms with E-state index in [0.717, 1.165) is 18.5 Å². The first kappa shape index (κ1) is 13.6. The molecule has 1 N–H and O–H groups in total. The van der Waals surface area contributed by atoms with Crippen molar-refractivity contribution < 1.29 is 4.79 Å². The van der Waals surface area contributed by atoms with E-state index in [-0.39, 0.29) is 23.1 Å². The van der Waals surface area contributed by atoms with Gasteiger partial charge in [0.1, 0.15) is 5.56 Å². The number of hydrogen-bond acceptors (Lipinski definition) is 2. The predicted molar refractivity (Wildman–Crippen MR) is 81.4 cm³/mol. The lowest BCUT2D eigenvalue weighted by Gasteiger charge is -2.25. The van der Waals surface area contributed by atoms with Crippen LogP contribution in [0.1, 0.15) is 39.6 Å². The molecular weight excluding hydrogens is 264 g/mol. The summed E-state index contributed by atoms with van der Waals surface area (Å²) in [7, 11) is 1.77. The van der Waals surface area contributed by atoms with E-state index in [9.17, 15) is 9.59 Å². The first-order valence-corrected chi connectivity index (χ1v) is 7.13. The average molecular weight is 282 g/mol. The number of amides is 1. The van der Waals surface area contributed by atoms with Gasteiger partial charge in [0.05, 0.1) is 6.04 Å². The lowest BCUT2D eigenvalue weighted by molar-refractivity contribution is 0.0728. The fraction of sp³-hybridized carbons (Fsp3) is 0.294. The van der Waals surface area contributed by atoms with E-state index in [4.69, 9.17) is 0 Å². The number of carbonyl (C=O) groups is 1. The molecule has 1 aromatic heterocycles. The van der Waals surface area contributed by atoms with Crippen LogP contribution in [0.2, 0.25) is 0 Å². The molecule has 0 saturated carbocycles. The molecule has 0 radical (unpaired) electrons. The van der Waals surface area contributed by atoms with Gasteiger partial charge in [-0.15, -0.1) is 0 Å². The third-order valence-electron chi connectivity index (χ3n) is 4.17. The van der Waals surface area contributed by atoms with E-state index in [0.29, 0.717) is 0 Å². The Labute approximate surface area is 123 Å². The van der Waals surface area contributed by atoms with Crippen molar-refractivity contribution in [1.82, 2.24) is 9.88 Å². The number of pyridine rings is 1. The summed E-state index contributed by atoms with van der Waals surface area (Å²) in [5.41, 5.74) is 3.12. The van der Waals surface area contributed by atoms with Gasteiger partial charge in [0.15, 0.2) is 0 Å². The summed E-state index contributed by atoms with van der Waals surface area (Å²) in [4.78, 5) is 28.9. The van der Waals surface area contributed by atoms with Crippen molar-refractivity contribution in [2.24, 2.45) is 0 Å². The Morgan fingerprint density at radius 1 is 1.24 bits per heavy atom. The van der Waals surface area contributed by atoms with Gasteiger partial charge in [-0.05, 0) is 43.0 Å². The largest absolute Gasteiger partial charge is 0.334 e. The summed E-state index contributed by atoms with van der Waals surface area (Å²) in [5, 5.41) is 0. The molecule has 1 aliphatic rings. The molecule has 0 fully saturated rings. The number of aryl methyl sites for hydroxylation is 2. The monoisotopic (exact) mass is 282 g/mol. The van der Waals surface area contributed by atoms with Gasteiger partial charge in [-0.25, -0.2) is 0 Å². The Kier molecular flexibility index (Phi) is 3.37. The van der Waals surface area contributed by atoms with E-state index >= 15 is 0 Å². The van der Waals surface area contributed by atoms with Crippen molar-refractivity contribution in [2.45, 2.75) is 25.8 Å². The first-order valence-electron chi connectivity index (χ1n) is 7.13. The van der Waals surface area contributed by atoms with E-state index < -0.39 is 0 Å². The number of carbonyl (C=O) groups excluding carboxylic acids is 1. The number of nitrogens with zero attached hydrogens (tertiary/aromatic N) is 1. The van der Waals surface area contributed by atoms with Crippen molar-refractivity contribution in [2.75, 3.05) is 7.05 Å². The second-order valence-electron chi connectivity index (χ2n) is 5.55. The van der Waals surface area contributed by atoms with Crippen molar-refractivity contribution in [3.63, 3.8) is 0 Å². The molecule has 108 valence electrons. The van der Waals surface area contributed by atoms with Crippen LogP contribution in [0.3, 0.4) is 0 Å². The minimum Gasteiger partial charge on any atom is -0.334 e. The zero-order chi connectivity index (χ0) is 15.0. The molecule has 1 atom stereocenters. The summed E-state index contributed by atoms with van der Waals surface area (Å²) in [6.45, 7) is 1.80. The second-order valence-corrected chi connectivity index (χ2v) is 5.55. The van der Waals surface area contributed by atoms with Crippen LogP contribution in [0.15, 0.2) is 41.2 Å². The van der Waals surface area contributed by atoms with Crippen LogP contribution >= 0.6 is 0 Å². The highest BCUT2D eigenvalue weighted by molar-refractivity contribution is 5.94. The molecule has 21 heavy (non-hydrogen) atoms. The van der Waals surface area contributed by atoms with E-state index in [2.05, 4.69) is 17.1 Å². The van der Waals surface area contributed by atoms with Gasteiger partial charge in [0, 0.05) is 12.7 Å². The lowest BCUT2D eigenvalue weighted by Crippen LogP contribution is -2.34. The molecule has 1 unspecified atom stereocenters. The SMILES string of the molecule is Cc1ccc(C(=O)N(C)C2CCc3ccccc32)c(=O)[nH]1. The maximum Gasteiger partial charge on any atom is 0.260 e. The van der Waals surface area contributed by atoms with Crippen LogP contribution in [0.5, 0.6) is 0 Å². The van der Waals surface area contributed by atoms with Gasteiger partial charge in [-0.3, -0.25) is 9.59 Å². The van der Waals surface area contributed by atoms with Crippen LogP contribution in [-0.4, -0.2) is 22.8 Å². The first-order chi connectivity index (χ1) is 10.1. The van der Waals surface area contributed by atoms with Crippen molar-refractivity contribution in [1.29, 1.82) is 0 Å². The van der Waals surface area contributed by atoms with Gasteiger partial charge < -0.3 is 9.88 Å². The highest BCUT2D eigenvalue weighted by Crippen LogP contribution is 2.35. The third kappa shape index (κ3) is 2.37. The fourth-order valence-electron chi connectivity index (χ4n) is 3.01. The normalized spacial score (nSPS) is 16.6. The summed E-state index contributed by atoms with van der Waals surface area (Å²) in [5.74, 6) is -0.224. The van der Waals surface area contributed by atoms with Gasteiger partial charge in [-0.1, -0.05) is 24.3 Å². The molecule has 3 rings (SSSR count). The molecule has 1 aromatic carbocycles. The van der Waals surface area contributed by atoms with Gasteiger partial charge in [0.25, 0.3) is 11.5 Å². The minimum absolute atomic E-state index is 0.0504. The molecule has 2 aromatic rings. The van der Waals surface area contributed by atoms with Gasteiger partial charge in [0.2, 0.25) is 0 Å². The number of nitrogens with one attached hydrogen (secondary N) is 1. The number of benzene rings is 1. The van der Waals surface area contributed by atoms with Crippen molar-refractivity contribution in [3.8, 4) is 0 Å². The zero-order valence-corrected chi connectivity index (χ0v) is 12.2. The van der Waals surface area contributed by atoms with Crippen LogP contribution in [0.25, 0.3) is 0 Å². The highest BCUT2D eigenvalue weighted by Gasteiger charge is 2.29. The Hall–Kier alpha value is -2.36. The number of aromatic nitrogens is 1. The average Bonchev–Trinajstić information content (AvgIpc) is 2.90. The highest BCUT2D eigenvalue weighted by atomic mass is 16.2. The topological polar surface area (TPSA) is 53.2 Å². The summed E-state index contributed by atoms with van der Waals surface area (Å²) >= 11 is 0. The molecule has 0 bridgehead atoms. The number of rotatable bonds is 2. The van der Waals surface area contributed by atoms with Crippen molar-refractivity contribution in [3.05, 3.63) is 69.1 Å². The van der Waals surface area contributed by atoms with E-state index in [1.807, 2.05) is 12.1 Å². The third-order valence-corrected chi connectivity index (χ3v) is 4.17. The molecule has 4 heteroatoms. The van der Waals surface area contributed by atoms with E-state index in [1.54, 1.807) is 31.0 Å². The summed E-state index contributed by atoms with van der Waals surface area (Å²) < 4.78 is 0. The summed E-state index contributed by atoms with van der Waals surface area (Å²) in [6.07, 6.45) is 1.88. The zero-order valence-electron chi connectivity index (χ0n) is 12.2. The fourth-order valence-corrected chi connectivity index (χ4v) is 3.01. The van der Waals surface area contributed by atoms with Crippen LogP contribution in [0.4, 0.5) is 0 Å². The number of aromatic amines is 1. The van der Waals surface area contributed by atoms with Gasteiger partial charge in [-0.2, -0.15) is 0 Å². The lowest BCUT2D eigenvalue weighted by atomic mass is 10.1. The van der Waals surface area contributed by atoms with Crippen LogP contribution < -0.4 is 5.56 Å². The standard InChI is InChI=1S/C17H18N2O2/c1-11-7-9-14(16(20)18-11)17(21)19(2)15-10-8-12-5-3-4-6-13(12)15/h3-7,9,15H,8,10H2,1-2H3,(H,18,20). The molecule has 1 heterocycles. The Morgan fingerprint density at radius 2 is 2.00 bits per heavy atom. The Balaban J connectivity index is 1.91. The van der Waals surface area contributed by atoms with E-state index in [1.165, 1.54) is 11.1 Å². The minimum atomic E-state index is -0.321. The molecule has 1 aliphatic carbocycles. The maximum absolute atomic E-state index is 12.6. The molecule has 0 saturated heterocycles. The van der Waals surface area contributed by atoms with Crippen LogP contribution in [-0.2, 0) is 6.42 Å². The molecule has 4 nitrogen and oxygen atoms in total. The maximum atomic E-state index is 12.6. The Bertz CT molecular complexity index is 748. The molecule has 1 amide bonds. The second kappa shape index (κ2) is 5.20. The summed E-state index contributed by atoms with van der Waals surface area (Å²) in [6, 6.07) is 11.6. The predicted octanol–water partition coefficient (Wildman–Crippen LogP) is 2.44. The number of H-pyrrole nitrogens is 1. The van der Waals surface area contributed by atoms with Crippen molar-refractivity contribution >= 4 is 5.91 Å². The smallest absolute Gasteiger partial charge is 0.260 e. The molecule has 0 spiro atoms. The van der Waals surface area contributed by atoms with Gasteiger partial charge >= 0.3 is 0 Å². The number of hydrogen-bond donors (Lipinski definition) is 1. The molecule has 0 aliphatic heterocycles. The molecular formula is C17H18N2O2. The Morgan fingerprint density at radius 3 is 2.76 bits per heavy atom. The quantitative estimate of drug-likeness (QED) is 0.919.